The molecule has 1 aliphatic rings. The van der Waals surface area contributed by atoms with Crippen molar-refractivity contribution in [2.24, 2.45) is 5.92 Å². The molecular formula is C19H31N3O2. The van der Waals surface area contributed by atoms with Crippen molar-refractivity contribution in [1.29, 1.82) is 0 Å². The predicted octanol–water partition coefficient (Wildman–Crippen LogP) is 2.75. The van der Waals surface area contributed by atoms with Gasteiger partial charge in [-0.2, -0.15) is 0 Å². The fraction of sp³-hybridized carbons (Fsp3) is 0.632. The normalized spacial score (nSPS) is 19.6. The van der Waals surface area contributed by atoms with E-state index in [-0.39, 0.29) is 12.1 Å². The Morgan fingerprint density at radius 2 is 2.12 bits per heavy atom. The molecule has 2 rings (SSSR count). The minimum absolute atomic E-state index is 0.0254. The van der Waals surface area contributed by atoms with Crippen molar-refractivity contribution in [3.8, 4) is 5.75 Å². The summed E-state index contributed by atoms with van der Waals surface area (Å²) in [4.78, 5) is 16.4. The van der Waals surface area contributed by atoms with Gasteiger partial charge in [0.25, 0.3) is 0 Å². The van der Waals surface area contributed by atoms with Crippen LogP contribution in [0, 0.1) is 12.8 Å². The highest BCUT2D eigenvalue weighted by atomic mass is 16.5. The molecule has 0 spiro atoms. The molecule has 0 radical (unpaired) electrons. The number of rotatable bonds is 6. The van der Waals surface area contributed by atoms with Crippen LogP contribution in [0.4, 0.5) is 4.79 Å². The highest BCUT2D eigenvalue weighted by Gasteiger charge is 2.20. The Morgan fingerprint density at radius 1 is 1.42 bits per heavy atom. The highest BCUT2D eigenvalue weighted by Crippen LogP contribution is 2.16. The zero-order valence-electron chi connectivity index (χ0n) is 15.4. The number of carbonyl (C=O) groups excluding carboxylic acids is 1. The number of benzene rings is 1. The van der Waals surface area contributed by atoms with E-state index in [1.54, 1.807) is 4.90 Å². The number of urea groups is 1. The summed E-state index contributed by atoms with van der Waals surface area (Å²) in [6.45, 7) is 7.57. The zero-order chi connectivity index (χ0) is 17.5. The van der Waals surface area contributed by atoms with Crippen LogP contribution >= 0.6 is 0 Å². The van der Waals surface area contributed by atoms with E-state index in [1.165, 1.54) is 24.9 Å². The molecule has 1 aliphatic heterocycles. The Balaban J connectivity index is 1.70. The second-order valence-electron chi connectivity index (χ2n) is 7.08. The van der Waals surface area contributed by atoms with Crippen LogP contribution in [0.15, 0.2) is 24.3 Å². The average Bonchev–Trinajstić information content (AvgIpc) is 2.54. The monoisotopic (exact) mass is 333 g/mol. The molecule has 1 aromatic carbocycles. The summed E-state index contributed by atoms with van der Waals surface area (Å²) in [5.41, 5.74) is 1.21. The van der Waals surface area contributed by atoms with Crippen molar-refractivity contribution in [3.63, 3.8) is 0 Å². The number of nitrogens with zero attached hydrogens (tertiary/aromatic N) is 2. The van der Waals surface area contributed by atoms with Crippen molar-refractivity contribution in [2.45, 2.75) is 32.8 Å². The molecule has 0 saturated carbocycles. The van der Waals surface area contributed by atoms with Gasteiger partial charge in [-0.1, -0.05) is 17.7 Å². The molecule has 5 heteroatoms. The minimum Gasteiger partial charge on any atom is -0.489 e. The summed E-state index contributed by atoms with van der Waals surface area (Å²) in [7, 11) is 4.02. The summed E-state index contributed by atoms with van der Waals surface area (Å²) < 4.78 is 5.82. The first-order valence-corrected chi connectivity index (χ1v) is 8.85. The highest BCUT2D eigenvalue weighted by molar-refractivity contribution is 5.73. The minimum atomic E-state index is -0.0640. The molecular weight excluding hydrogens is 302 g/mol. The van der Waals surface area contributed by atoms with Crippen LogP contribution < -0.4 is 10.1 Å². The Hall–Kier alpha value is -1.75. The van der Waals surface area contributed by atoms with E-state index in [2.05, 4.69) is 17.3 Å². The maximum absolute atomic E-state index is 12.2. The topological polar surface area (TPSA) is 44.8 Å². The number of ether oxygens (including phenoxy) is 1. The van der Waals surface area contributed by atoms with E-state index < -0.39 is 0 Å². The molecule has 0 unspecified atom stereocenters. The molecule has 0 aromatic heterocycles. The third kappa shape index (κ3) is 6.04. The van der Waals surface area contributed by atoms with Crippen LogP contribution in [-0.4, -0.2) is 62.2 Å². The van der Waals surface area contributed by atoms with Crippen LogP contribution in [-0.2, 0) is 0 Å². The lowest BCUT2D eigenvalue weighted by Gasteiger charge is -2.32. The second-order valence-corrected chi connectivity index (χ2v) is 7.08. The van der Waals surface area contributed by atoms with Gasteiger partial charge in [0.15, 0.2) is 0 Å². The number of carbonyl (C=O) groups is 1. The van der Waals surface area contributed by atoms with Gasteiger partial charge in [0.05, 0.1) is 6.54 Å². The quantitative estimate of drug-likeness (QED) is 0.871. The molecule has 0 aliphatic carbocycles. The molecule has 1 fully saturated rings. The largest absolute Gasteiger partial charge is 0.489 e. The maximum Gasteiger partial charge on any atom is 0.317 e. The van der Waals surface area contributed by atoms with Gasteiger partial charge in [-0.05, 0) is 58.3 Å². The summed E-state index contributed by atoms with van der Waals surface area (Å²) >= 11 is 0. The van der Waals surface area contributed by atoms with Gasteiger partial charge in [0.1, 0.15) is 11.9 Å². The number of aryl methyl sites for hydroxylation is 1. The maximum atomic E-state index is 12.2. The van der Waals surface area contributed by atoms with Crippen LogP contribution in [0.25, 0.3) is 0 Å². The Bertz CT molecular complexity index is 518. The molecule has 2 amide bonds. The molecule has 1 aromatic rings. The average molecular weight is 333 g/mol. The van der Waals surface area contributed by atoms with E-state index in [4.69, 9.17) is 4.74 Å². The van der Waals surface area contributed by atoms with E-state index in [9.17, 15) is 4.79 Å². The Labute approximate surface area is 146 Å². The number of hydrogen-bond acceptors (Lipinski definition) is 3. The number of nitrogens with one attached hydrogen (secondary N) is 1. The van der Waals surface area contributed by atoms with Gasteiger partial charge in [-0.3, -0.25) is 0 Å². The van der Waals surface area contributed by atoms with Crippen LogP contribution in [0.5, 0.6) is 5.75 Å². The van der Waals surface area contributed by atoms with Crippen LogP contribution in [0.1, 0.15) is 25.3 Å². The number of piperidine rings is 1. The summed E-state index contributed by atoms with van der Waals surface area (Å²) in [6.07, 6.45) is 2.36. The fourth-order valence-corrected chi connectivity index (χ4v) is 3.15. The third-order valence-electron chi connectivity index (χ3n) is 4.50. The van der Waals surface area contributed by atoms with Crippen LogP contribution in [0.2, 0.25) is 0 Å². The lowest BCUT2D eigenvalue weighted by Crippen LogP contribution is -2.45. The molecule has 1 heterocycles. The van der Waals surface area contributed by atoms with E-state index in [0.717, 1.165) is 18.8 Å². The molecule has 2 atom stereocenters. The molecule has 1 N–H and O–H groups in total. The summed E-state index contributed by atoms with van der Waals surface area (Å²) in [5, 5.41) is 2.96. The van der Waals surface area contributed by atoms with E-state index >= 15 is 0 Å². The molecule has 24 heavy (non-hydrogen) atoms. The third-order valence-corrected chi connectivity index (χ3v) is 4.50. The first-order valence-electron chi connectivity index (χ1n) is 8.85. The first kappa shape index (κ1) is 18.6. The van der Waals surface area contributed by atoms with Crippen molar-refractivity contribution >= 4 is 6.03 Å². The number of amides is 2. The van der Waals surface area contributed by atoms with Crippen molar-refractivity contribution in [3.05, 3.63) is 29.8 Å². The van der Waals surface area contributed by atoms with Crippen LogP contribution in [0.3, 0.4) is 0 Å². The number of likely N-dealkylation sites (tertiary alicyclic amines) is 1. The van der Waals surface area contributed by atoms with Crippen molar-refractivity contribution in [2.75, 3.05) is 40.3 Å². The van der Waals surface area contributed by atoms with Crippen molar-refractivity contribution in [1.82, 2.24) is 15.1 Å². The standard InChI is InChI=1S/C19H31N3O2/c1-15-7-9-18(10-8-15)24-16(2)12-20-19(23)22(4)14-17-6-5-11-21(3)13-17/h7-10,16-17H,5-6,11-14H2,1-4H3,(H,20,23)/t16-,17-/m1/s1. The van der Waals surface area contributed by atoms with E-state index in [0.29, 0.717) is 12.5 Å². The lowest BCUT2D eigenvalue weighted by atomic mass is 9.98. The van der Waals surface area contributed by atoms with Gasteiger partial charge >= 0.3 is 6.03 Å². The van der Waals surface area contributed by atoms with Gasteiger partial charge in [-0.15, -0.1) is 0 Å². The smallest absolute Gasteiger partial charge is 0.317 e. The van der Waals surface area contributed by atoms with E-state index in [1.807, 2.05) is 45.2 Å². The SMILES string of the molecule is Cc1ccc(O[C@H](C)CNC(=O)N(C)C[C@@H]2CCCN(C)C2)cc1. The first-order chi connectivity index (χ1) is 11.4. The summed E-state index contributed by atoms with van der Waals surface area (Å²) in [5.74, 6) is 1.40. The summed E-state index contributed by atoms with van der Waals surface area (Å²) in [6, 6.07) is 7.94. The second kappa shape index (κ2) is 8.92. The number of hydrogen-bond donors (Lipinski definition) is 1. The molecule has 1 saturated heterocycles. The van der Waals surface area contributed by atoms with Gasteiger partial charge < -0.3 is 19.9 Å². The molecule has 5 nitrogen and oxygen atoms in total. The Kier molecular flexibility index (Phi) is 6.91. The van der Waals surface area contributed by atoms with Gasteiger partial charge in [0, 0.05) is 20.1 Å². The van der Waals surface area contributed by atoms with Crippen molar-refractivity contribution < 1.29 is 9.53 Å². The molecule has 134 valence electrons. The van der Waals surface area contributed by atoms with Gasteiger partial charge in [-0.25, -0.2) is 4.79 Å². The Morgan fingerprint density at radius 3 is 2.79 bits per heavy atom. The predicted molar refractivity (Wildman–Crippen MR) is 97.5 cm³/mol. The van der Waals surface area contributed by atoms with Gasteiger partial charge in [0.2, 0.25) is 0 Å². The molecule has 0 bridgehead atoms. The zero-order valence-corrected chi connectivity index (χ0v) is 15.4. The fourth-order valence-electron chi connectivity index (χ4n) is 3.15. The lowest BCUT2D eigenvalue weighted by molar-refractivity contribution is 0.158.